The van der Waals surface area contributed by atoms with E-state index in [0.717, 1.165) is 25.6 Å². The van der Waals surface area contributed by atoms with Crippen LogP contribution in [-0.2, 0) is 0 Å². The molecule has 0 amide bonds. The Labute approximate surface area is 119 Å². The first-order valence-electron chi connectivity index (χ1n) is 8.03. The molecule has 0 aromatic heterocycles. The molecule has 0 aliphatic carbocycles. The molecule has 19 heavy (non-hydrogen) atoms. The van der Waals surface area contributed by atoms with Crippen molar-refractivity contribution in [2.75, 3.05) is 39.8 Å². The van der Waals surface area contributed by atoms with E-state index in [4.69, 9.17) is 0 Å². The largest absolute Gasteiger partial charge is 0.356 e. The highest BCUT2D eigenvalue weighted by Crippen LogP contribution is 2.07. The first kappa shape index (κ1) is 16.3. The highest BCUT2D eigenvalue weighted by Gasteiger charge is 2.09. The van der Waals surface area contributed by atoms with Gasteiger partial charge in [-0.25, -0.2) is 0 Å². The van der Waals surface area contributed by atoms with E-state index in [-0.39, 0.29) is 0 Å². The minimum atomic E-state index is 0.952. The molecule has 0 aromatic rings. The maximum absolute atomic E-state index is 4.26. The third-order valence-corrected chi connectivity index (χ3v) is 3.72. The lowest BCUT2D eigenvalue weighted by atomic mass is 10.1. The second-order valence-corrected chi connectivity index (χ2v) is 5.39. The van der Waals surface area contributed by atoms with E-state index in [1.54, 1.807) is 0 Å². The molecular formula is C15H32N4. The van der Waals surface area contributed by atoms with Crippen LogP contribution in [0.1, 0.15) is 51.9 Å². The van der Waals surface area contributed by atoms with Gasteiger partial charge in [0.1, 0.15) is 0 Å². The normalized spacial score (nSPS) is 17.5. The quantitative estimate of drug-likeness (QED) is 0.403. The molecule has 0 bridgehead atoms. The predicted octanol–water partition coefficient (Wildman–Crippen LogP) is 2.22. The van der Waals surface area contributed by atoms with Crippen LogP contribution >= 0.6 is 0 Å². The lowest BCUT2D eigenvalue weighted by Crippen LogP contribution is -2.42. The topological polar surface area (TPSA) is 39.7 Å². The van der Waals surface area contributed by atoms with Crippen LogP contribution in [0.25, 0.3) is 0 Å². The van der Waals surface area contributed by atoms with Gasteiger partial charge in [0, 0.05) is 26.7 Å². The van der Waals surface area contributed by atoms with Crippen LogP contribution in [0, 0.1) is 0 Å². The molecule has 1 aliphatic heterocycles. The molecule has 1 fully saturated rings. The van der Waals surface area contributed by atoms with Crippen molar-refractivity contribution in [3.8, 4) is 0 Å². The number of rotatable bonds is 8. The average Bonchev–Trinajstić information content (AvgIpc) is 2.46. The molecule has 0 unspecified atom stereocenters. The second kappa shape index (κ2) is 11.1. The number of hydrogen-bond acceptors (Lipinski definition) is 2. The Morgan fingerprint density at radius 2 is 1.74 bits per heavy atom. The molecule has 0 spiro atoms. The minimum Gasteiger partial charge on any atom is -0.356 e. The Hall–Kier alpha value is -0.770. The van der Waals surface area contributed by atoms with Gasteiger partial charge in [0.25, 0.3) is 0 Å². The smallest absolute Gasteiger partial charge is 0.191 e. The molecule has 1 aliphatic rings. The van der Waals surface area contributed by atoms with Crippen LogP contribution in [0.3, 0.4) is 0 Å². The monoisotopic (exact) mass is 268 g/mol. The third-order valence-electron chi connectivity index (χ3n) is 3.72. The zero-order chi connectivity index (χ0) is 13.8. The van der Waals surface area contributed by atoms with Crippen LogP contribution in [0.15, 0.2) is 4.99 Å². The Kier molecular flexibility index (Phi) is 9.51. The van der Waals surface area contributed by atoms with Gasteiger partial charge in [0.2, 0.25) is 0 Å². The van der Waals surface area contributed by atoms with Gasteiger partial charge in [0.15, 0.2) is 5.96 Å². The van der Waals surface area contributed by atoms with Gasteiger partial charge in [-0.3, -0.25) is 4.99 Å². The van der Waals surface area contributed by atoms with Crippen molar-refractivity contribution in [1.29, 1.82) is 0 Å². The number of guanidine groups is 1. The number of nitrogens with one attached hydrogen (secondary N) is 2. The van der Waals surface area contributed by atoms with Crippen molar-refractivity contribution >= 4 is 5.96 Å². The molecular weight excluding hydrogens is 236 g/mol. The summed E-state index contributed by atoms with van der Waals surface area (Å²) in [5.74, 6) is 0.952. The maximum Gasteiger partial charge on any atom is 0.191 e. The highest BCUT2D eigenvalue weighted by molar-refractivity contribution is 5.79. The van der Waals surface area contributed by atoms with Crippen molar-refractivity contribution in [3.05, 3.63) is 0 Å². The van der Waals surface area contributed by atoms with E-state index >= 15 is 0 Å². The summed E-state index contributed by atoms with van der Waals surface area (Å²) in [6, 6.07) is 0. The third kappa shape index (κ3) is 8.09. The fraction of sp³-hybridized carbons (Fsp3) is 0.933. The molecule has 0 atom stereocenters. The summed E-state index contributed by atoms with van der Waals surface area (Å²) in [6.07, 6.45) is 9.32. The van der Waals surface area contributed by atoms with Crippen molar-refractivity contribution in [1.82, 2.24) is 15.5 Å². The molecule has 1 saturated heterocycles. The first-order chi connectivity index (χ1) is 9.36. The Bertz CT molecular complexity index is 234. The van der Waals surface area contributed by atoms with Crippen molar-refractivity contribution in [2.24, 2.45) is 4.99 Å². The van der Waals surface area contributed by atoms with Gasteiger partial charge in [-0.15, -0.1) is 0 Å². The van der Waals surface area contributed by atoms with Gasteiger partial charge >= 0.3 is 0 Å². The Morgan fingerprint density at radius 1 is 1.00 bits per heavy atom. The summed E-state index contributed by atoms with van der Waals surface area (Å²) >= 11 is 0. The van der Waals surface area contributed by atoms with Crippen LogP contribution in [0.4, 0.5) is 0 Å². The summed E-state index contributed by atoms with van der Waals surface area (Å²) < 4.78 is 0. The van der Waals surface area contributed by atoms with Crippen LogP contribution < -0.4 is 10.6 Å². The fourth-order valence-electron chi connectivity index (χ4n) is 2.49. The molecule has 1 heterocycles. The summed E-state index contributed by atoms with van der Waals surface area (Å²) in [5, 5.41) is 6.79. The van der Waals surface area contributed by atoms with Gasteiger partial charge in [-0.1, -0.05) is 32.6 Å². The first-order valence-corrected chi connectivity index (χ1v) is 8.03. The average molecular weight is 268 g/mol. The van der Waals surface area contributed by atoms with Gasteiger partial charge in [-0.2, -0.15) is 0 Å². The number of hydrogen-bond donors (Lipinski definition) is 2. The lowest BCUT2D eigenvalue weighted by Gasteiger charge is -2.26. The van der Waals surface area contributed by atoms with Crippen LogP contribution in [-0.4, -0.2) is 50.6 Å². The van der Waals surface area contributed by atoms with Gasteiger partial charge < -0.3 is 15.5 Å². The van der Waals surface area contributed by atoms with Crippen LogP contribution in [0.2, 0.25) is 0 Å². The van der Waals surface area contributed by atoms with E-state index in [1.807, 2.05) is 7.05 Å². The number of piperidine rings is 1. The molecule has 0 radical (unpaired) electrons. The standard InChI is InChI=1S/C15H32N4/c1-3-4-5-7-10-17-15(16-2)18-11-14-19-12-8-6-9-13-19/h3-14H2,1-2H3,(H2,16,17,18). The molecule has 2 N–H and O–H groups in total. The molecule has 4 heteroatoms. The summed E-state index contributed by atoms with van der Waals surface area (Å²) in [6.45, 7) is 7.94. The van der Waals surface area contributed by atoms with Gasteiger partial charge in [-0.05, 0) is 32.4 Å². The second-order valence-electron chi connectivity index (χ2n) is 5.39. The van der Waals surface area contributed by atoms with E-state index in [1.165, 1.54) is 58.0 Å². The van der Waals surface area contributed by atoms with Crippen molar-refractivity contribution < 1.29 is 0 Å². The lowest BCUT2D eigenvalue weighted by molar-refractivity contribution is 0.232. The molecule has 112 valence electrons. The van der Waals surface area contributed by atoms with Crippen molar-refractivity contribution in [3.63, 3.8) is 0 Å². The zero-order valence-electron chi connectivity index (χ0n) is 12.9. The van der Waals surface area contributed by atoms with E-state index < -0.39 is 0 Å². The summed E-state index contributed by atoms with van der Waals surface area (Å²) in [7, 11) is 1.85. The minimum absolute atomic E-state index is 0.952. The fourth-order valence-corrected chi connectivity index (χ4v) is 2.49. The maximum atomic E-state index is 4.26. The molecule has 4 nitrogen and oxygen atoms in total. The summed E-state index contributed by atoms with van der Waals surface area (Å²) in [5.41, 5.74) is 0. The van der Waals surface area contributed by atoms with Gasteiger partial charge in [0.05, 0.1) is 0 Å². The Balaban J connectivity index is 2.01. The SMILES string of the molecule is CCCCCCNC(=NC)NCCN1CCCCC1. The molecule has 1 rings (SSSR count). The van der Waals surface area contributed by atoms with Crippen LogP contribution in [0.5, 0.6) is 0 Å². The molecule has 0 saturated carbocycles. The summed E-state index contributed by atoms with van der Waals surface area (Å²) in [4.78, 5) is 6.81. The number of nitrogens with zero attached hydrogens (tertiary/aromatic N) is 2. The van der Waals surface area contributed by atoms with E-state index in [9.17, 15) is 0 Å². The predicted molar refractivity (Wildman–Crippen MR) is 83.8 cm³/mol. The highest BCUT2D eigenvalue weighted by atomic mass is 15.2. The zero-order valence-corrected chi connectivity index (χ0v) is 12.9. The Morgan fingerprint density at radius 3 is 2.42 bits per heavy atom. The number of likely N-dealkylation sites (tertiary alicyclic amines) is 1. The molecule has 0 aromatic carbocycles. The van der Waals surface area contributed by atoms with Crippen molar-refractivity contribution in [2.45, 2.75) is 51.9 Å². The van der Waals surface area contributed by atoms with E-state index in [2.05, 4.69) is 27.4 Å². The number of unbranched alkanes of at least 4 members (excludes halogenated alkanes) is 3. The number of aliphatic imine (C=N–C) groups is 1. The van der Waals surface area contributed by atoms with E-state index in [0.29, 0.717) is 0 Å².